The topological polar surface area (TPSA) is 63.6 Å². The zero-order valence-electron chi connectivity index (χ0n) is 12.1. The summed E-state index contributed by atoms with van der Waals surface area (Å²) in [6, 6.07) is 0. The van der Waals surface area contributed by atoms with E-state index in [2.05, 4.69) is 15.1 Å². The second kappa shape index (κ2) is 4.64. The van der Waals surface area contributed by atoms with Gasteiger partial charge in [0.2, 0.25) is 0 Å². The fourth-order valence-electron chi connectivity index (χ4n) is 1.83. The van der Waals surface area contributed by atoms with Gasteiger partial charge in [-0.1, -0.05) is 20.8 Å². The van der Waals surface area contributed by atoms with E-state index in [9.17, 15) is 4.79 Å². The molecule has 0 amide bonds. The Morgan fingerprint density at radius 3 is 2.58 bits per heavy atom. The van der Waals surface area contributed by atoms with Gasteiger partial charge in [-0.3, -0.25) is 9.48 Å². The summed E-state index contributed by atoms with van der Waals surface area (Å²) >= 11 is 0. The molecular weight excluding hydrogens is 240 g/mol. The van der Waals surface area contributed by atoms with Crippen molar-refractivity contribution in [3.05, 3.63) is 34.1 Å². The highest BCUT2D eigenvalue weighted by Crippen LogP contribution is 2.22. The first-order chi connectivity index (χ1) is 8.82. The van der Waals surface area contributed by atoms with Gasteiger partial charge in [0, 0.05) is 29.3 Å². The molecule has 5 heteroatoms. The fourth-order valence-corrected chi connectivity index (χ4v) is 1.83. The van der Waals surface area contributed by atoms with Crippen molar-refractivity contribution in [2.24, 2.45) is 0 Å². The Morgan fingerprint density at radius 2 is 2.05 bits per heavy atom. The second-order valence-corrected chi connectivity index (χ2v) is 5.72. The molecule has 19 heavy (non-hydrogen) atoms. The predicted molar refractivity (Wildman–Crippen MR) is 75.2 cm³/mol. The Hall–Kier alpha value is -1.91. The molecule has 5 nitrogen and oxygen atoms in total. The summed E-state index contributed by atoms with van der Waals surface area (Å²) in [4.78, 5) is 19.5. The number of H-pyrrole nitrogens is 1. The monoisotopic (exact) mass is 260 g/mol. The van der Waals surface area contributed by atoms with E-state index in [0.717, 1.165) is 12.1 Å². The molecule has 0 radical (unpaired) electrons. The number of hydrogen-bond donors (Lipinski definition) is 1. The number of hydrogen-bond acceptors (Lipinski definition) is 3. The predicted octanol–water partition coefficient (Wildman–Crippen LogP) is 2.26. The minimum absolute atomic E-state index is 0.0841. The maximum atomic E-state index is 12.0. The van der Waals surface area contributed by atoms with Crippen LogP contribution < -0.4 is 5.56 Å². The number of rotatable bonds is 2. The smallest absolute Gasteiger partial charge is 0.254 e. The summed E-state index contributed by atoms with van der Waals surface area (Å²) < 4.78 is 1.83. The minimum atomic E-state index is -0.192. The molecule has 0 aliphatic carbocycles. The molecule has 2 aromatic heterocycles. The van der Waals surface area contributed by atoms with E-state index in [1.54, 1.807) is 13.1 Å². The van der Waals surface area contributed by atoms with Crippen LogP contribution in [0.3, 0.4) is 0 Å². The van der Waals surface area contributed by atoms with E-state index >= 15 is 0 Å². The second-order valence-electron chi connectivity index (χ2n) is 5.72. The largest absolute Gasteiger partial charge is 0.310 e. The van der Waals surface area contributed by atoms with Gasteiger partial charge in [-0.2, -0.15) is 5.10 Å². The van der Waals surface area contributed by atoms with Crippen LogP contribution in [-0.2, 0) is 12.0 Å². The Kier molecular flexibility index (Phi) is 3.30. The van der Waals surface area contributed by atoms with E-state index in [4.69, 9.17) is 0 Å². The van der Waals surface area contributed by atoms with E-state index in [1.165, 1.54) is 0 Å². The molecule has 0 bridgehead atoms. The van der Waals surface area contributed by atoms with Gasteiger partial charge in [0.25, 0.3) is 5.56 Å². The molecule has 0 aliphatic rings. The average molecular weight is 260 g/mol. The highest BCUT2D eigenvalue weighted by molar-refractivity contribution is 5.60. The first kappa shape index (κ1) is 13.5. The summed E-state index contributed by atoms with van der Waals surface area (Å²) in [6.45, 7) is 10.7. The number of nitrogens with one attached hydrogen (secondary N) is 1. The van der Waals surface area contributed by atoms with E-state index in [1.807, 2.05) is 38.6 Å². The van der Waals surface area contributed by atoms with Crippen LogP contribution in [0, 0.1) is 6.92 Å². The van der Waals surface area contributed by atoms with Crippen molar-refractivity contribution in [3.8, 4) is 11.3 Å². The van der Waals surface area contributed by atoms with Crippen LogP contribution in [0.5, 0.6) is 0 Å². The SMILES string of the molecule is CCn1cc(-c2nc(C(C)(C)C)[nH]c(=O)c2C)cn1. The van der Waals surface area contributed by atoms with Crippen LogP contribution in [-0.4, -0.2) is 19.7 Å². The zero-order valence-corrected chi connectivity index (χ0v) is 12.1. The molecule has 0 aromatic carbocycles. The lowest BCUT2D eigenvalue weighted by atomic mass is 9.95. The third-order valence-electron chi connectivity index (χ3n) is 3.09. The van der Waals surface area contributed by atoms with E-state index < -0.39 is 0 Å². The van der Waals surface area contributed by atoms with Crippen LogP contribution in [0.1, 0.15) is 39.1 Å². The molecule has 1 N–H and O–H groups in total. The van der Waals surface area contributed by atoms with Crippen LogP contribution in [0.15, 0.2) is 17.2 Å². The first-order valence-corrected chi connectivity index (χ1v) is 6.47. The van der Waals surface area contributed by atoms with Crippen LogP contribution in [0.2, 0.25) is 0 Å². The van der Waals surface area contributed by atoms with Gasteiger partial charge in [0.1, 0.15) is 5.82 Å². The van der Waals surface area contributed by atoms with Crippen LogP contribution in [0.4, 0.5) is 0 Å². The number of aromatic amines is 1. The van der Waals surface area contributed by atoms with Gasteiger partial charge >= 0.3 is 0 Å². The average Bonchev–Trinajstić information content (AvgIpc) is 2.79. The molecule has 0 atom stereocenters. The van der Waals surface area contributed by atoms with Gasteiger partial charge < -0.3 is 4.98 Å². The summed E-state index contributed by atoms with van der Waals surface area (Å²) in [7, 11) is 0. The highest BCUT2D eigenvalue weighted by Gasteiger charge is 2.20. The van der Waals surface area contributed by atoms with Crippen LogP contribution in [0.25, 0.3) is 11.3 Å². The summed E-state index contributed by atoms with van der Waals surface area (Å²) in [5.74, 6) is 0.697. The highest BCUT2D eigenvalue weighted by atomic mass is 16.1. The Balaban J connectivity index is 2.62. The van der Waals surface area contributed by atoms with Gasteiger partial charge in [0.15, 0.2) is 0 Å². The third-order valence-corrected chi connectivity index (χ3v) is 3.09. The molecular formula is C14H20N4O. The Morgan fingerprint density at radius 1 is 1.37 bits per heavy atom. The molecule has 0 aliphatic heterocycles. The summed E-state index contributed by atoms with van der Waals surface area (Å²) in [5, 5.41) is 4.24. The number of aromatic nitrogens is 4. The zero-order chi connectivity index (χ0) is 14.2. The normalized spacial score (nSPS) is 11.8. The molecule has 2 rings (SSSR count). The minimum Gasteiger partial charge on any atom is -0.310 e. The van der Waals surface area contributed by atoms with E-state index in [-0.39, 0.29) is 11.0 Å². The maximum Gasteiger partial charge on any atom is 0.254 e. The first-order valence-electron chi connectivity index (χ1n) is 6.47. The third kappa shape index (κ3) is 2.59. The van der Waals surface area contributed by atoms with Crippen molar-refractivity contribution in [2.75, 3.05) is 0 Å². The fraction of sp³-hybridized carbons (Fsp3) is 0.500. The van der Waals surface area contributed by atoms with Gasteiger partial charge in [-0.25, -0.2) is 4.98 Å². The lowest BCUT2D eigenvalue weighted by molar-refractivity contribution is 0.542. The quantitative estimate of drug-likeness (QED) is 0.900. The molecule has 0 saturated carbocycles. The molecule has 0 unspecified atom stereocenters. The maximum absolute atomic E-state index is 12.0. The van der Waals surface area contributed by atoms with Crippen LogP contribution >= 0.6 is 0 Å². The van der Waals surface area contributed by atoms with Gasteiger partial charge in [-0.05, 0) is 13.8 Å². The molecule has 0 spiro atoms. The molecule has 0 fully saturated rings. The standard InChI is InChI=1S/C14H20N4O/c1-6-18-8-10(7-15-18)11-9(2)12(19)17-13(16-11)14(3,4)5/h7-8H,6H2,1-5H3,(H,16,17,19). The van der Waals surface area contributed by atoms with Crippen molar-refractivity contribution >= 4 is 0 Å². The molecule has 2 aromatic rings. The van der Waals surface area contributed by atoms with Crippen molar-refractivity contribution < 1.29 is 0 Å². The van der Waals surface area contributed by atoms with E-state index in [0.29, 0.717) is 17.1 Å². The van der Waals surface area contributed by atoms with Crippen molar-refractivity contribution in [1.29, 1.82) is 0 Å². The Labute approximate surface area is 112 Å². The lowest BCUT2D eigenvalue weighted by Gasteiger charge is -2.18. The summed E-state index contributed by atoms with van der Waals surface area (Å²) in [5.41, 5.74) is 1.95. The molecule has 102 valence electrons. The number of aryl methyl sites for hydroxylation is 1. The van der Waals surface area contributed by atoms with Gasteiger partial charge in [-0.15, -0.1) is 0 Å². The lowest BCUT2D eigenvalue weighted by Crippen LogP contribution is -2.24. The molecule has 0 saturated heterocycles. The van der Waals surface area contributed by atoms with Crippen molar-refractivity contribution in [2.45, 2.75) is 46.6 Å². The molecule has 2 heterocycles. The number of nitrogens with zero attached hydrogens (tertiary/aromatic N) is 3. The van der Waals surface area contributed by atoms with Crippen molar-refractivity contribution in [1.82, 2.24) is 19.7 Å². The summed E-state index contributed by atoms with van der Waals surface area (Å²) in [6.07, 6.45) is 3.67. The van der Waals surface area contributed by atoms with Gasteiger partial charge in [0.05, 0.1) is 11.9 Å². The van der Waals surface area contributed by atoms with Crippen molar-refractivity contribution in [3.63, 3.8) is 0 Å². The Bertz CT molecular complexity index is 646.